The van der Waals surface area contributed by atoms with E-state index in [1.165, 1.54) is 30.6 Å². The zero-order valence-electron chi connectivity index (χ0n) is 14.0. The number of nitrogens with one attached hydrogen (secondary N) is 1. The van der Waals surface area contributed by atoms with Crippen molar-refractivity contribution in [2.75, 3.05) is 5.32 Å². The van der Waals surface area contributed by atoms with Crippen molar-refractivity contribution < 1.29 is 14.5 Å². The Hall–Kier alpha value is -3.75. The normalized spacial score (nSPS) is 10.4. The first kappa shape index (κ1) is 17.1. The predicted molar refractivity (Wildman–Crippen MR) is 93.3 cm³/mol. The molecular weight excluding hydrogens is 338 g/mol. The Morgan fingerprint density at radius 3 is 2.69 bits per heavy atom. The third-order valence-corrected chi connectivity index (χ3v) is 3.71. The summed E-state index contributed by atoms with van der Waals surface area (Å²) in [6, 6.07) is 7.39. The van der Waals surface area contributed by atoms with E-state index >= 15 is 0 Å². The summed E-state index contributed by atoms with van der Waals surface area (Å²) < 4.78 is 7.16. The van der Waals surface area contributed by atoms with Gasteiger partial charge < -0.3 is 10.1 Å². The molecule has 0 radical (unpaired) electrons. The number of pyridine rings is 1. The van der Waals surface area contributed by atoms with E-state index in [-0.39, 0.29) is 17.1 Å². The van der Waals surface area contributed by atoms with Crippen LogP contribution in [0.1, 0.15) is 16.1 Å². The molecule has 3 rings (SSSR count). The number of nitrogens with zero attached hydrogens (tertiary/aromatic N) is 4. The van der Waals surface area contributed by atoms with Crippen molar-refractivity contribution in [1.82, 2.24) is 14.8 Å². The summed E-state index contributed by atoms with van der Waals surface area (Å²) in [5, 5.41) is 17.8. The standard InChI is InChI=1S/C17H15N5O4/c1-11-16(10-19-21(11)2)17(23)20-12-6-13(22(24)25)8-15(7-12)26-14-4-3-5-18-9-14/h3-10H,1-2H3,(H,20,23). The van der Waals surface area contributed by atoms with Crippen LogP contribution in [0, 0.1) is 17.0 Å². The molecule has 9 heteroatoms. The highest BCUT2D eigenvalue weighted by molar-refractivity contribution is 6.05. The Labute approximate surface area is 148 Å². The van der Waals surface area contributed by atoms with Gasteiger partial charge in [0.25, 0.3) is 11.6 Å². The Bertz CT molecular complexity index is 969. The van der Waals surface area contributed by atoms with Crippen LogP contribution in [0.3, 0.4) is 0 Å². The van der Waals surface area contributed by atoms with Crippen LogP contribution in [0.15, 0.2) is 48.9 Å². The van der Waals surface area contributed by atoms with E-state index in [0.29, 0.717) is 17.0 Å². The molecule has 1 N–H and O–H groups in total. The lowest BCUT2D eigenvalue weighted by Crippen LogP contribution is -2.13. The highest BCUT2D eigenvalue weighted by Crippen LogP contribution is 2.29. The second-order valence-electron chi connectivity index (χ2n) is 5.48. The maximum Gasteiger partial charge on any atom is 0.275 e. The number of ether oxygens (including phenoxy) is 1. The van der Waals surface area contributed by atoms with Crippen LogP contribution in [0.4, 0.5) is 11.4 Å². The molecule has 1 aromatic carbocycles. The molecule has 0 saturated carbocycles. The number of carbonyl (C=O) groups excluding carboxylic acids is 1. The number of hydrogen-bond acceptors (Lipinski definition) is 6. The molecule has 132 valence electrons. The molecule has 0 aliphatic heterocycles. The van der Waals surface area contributed by atoms with Gasteiger partial charge in [-0.25, -0.2) is 0 Å². The summed E-state index contributed by atoms with van der Waals surface area (Å²) in [5.74, 6) is 0.224. The zero-order valence-corrected chi connectivity index (χ0v) is 14.0. The van der Waals surface area contributed by atoms with Gasteiger partial charge in [-0.3, -0.25) is 24.6 Å². The lowest BCUT2D eigenvalue weighted by Gasteiger charge is -2.09. The van der Waals surface area contributed by atoms with Crippen LogP contribution in [0.5, 0.6) is 11.5 Å². The molecular formula is C17H15N5O4. The van der Waals surface area contributed by atoms with Crippen molar-refractivity contribution in [1.29, 1.82) is 0 Å². The van der Waals surface area contributed by atoms with Gasteiger partial charge in [0, 0.05) is 31.1 Å². The van der Waals surface area contributed by atoms with E-state index in [4.69, 9.17) is 4.74 Å². The summed E-state index contributed by atoms with van der Waals surface area (Å²) in [6.07, 6.45) is 4.51. The van der Waals surface area contributed by atoms with Crippen molar-refractivity contribution in [2.24, 2.45) is 7.05 Å². The molecule has 3 aromatic rings. The van der Waals surface area contributed by atoms with E-state index in [2.05, 4.69) is 15.4 Å². The molecule has 0 bridgehead atoms. The molecule has 0 saturated heterocycles. The number of benzene rings is 1. The average Bonchev–Trinajstić information content (AvgIpc) is 2.95. The smallest absolute Gasteiger partial charge is 0.275 e. The van der Waals surface area contributed by atoms with E-state index in [1.807, 2.05) is 0 Å². The Morgan fingerprint density at radius 2 is 2.08 bits per heavy atom. The number of nitro benzene ring substituents is 1. The third kappa shape index (κ3) is 3.66. The first-order valence-electron chi connectivity index (χ1n) is 7.61. The van der Waals surface area contributed by atoms with Crippen LogP contribution in [0.25, 0.3) is 0 Å². The zero-order chi connectivity index (χ0) is 18.7. The van der Waals surface area contributed by atoms with Crippen LogP contribution >= 0.6 is 0 Å². The number of aryl methyl sites for hydroxylation is 1. The predicted octanol–water partition coefficient (Wildman–Crippen LogP) is 3.08. The van der Waals surface area contributed by atoms with E-state index in [9.17, 15) is 14.9 Å². The van der Waals surface area contributed by atoms with Gasteiger partial charge in [0.2, 0.25) is 0 Å². The number of non-ortho nitro benzene ring substituents is 1. The fraction of sp³-hybridized carbons (Fsp3) is 0.118. The SMILES string of the molecule is Cc1c(C(=O)Nc2cc(Oc3cccnc3)cc([N+](=O)[O-])c2)cnn1C. The number of rotatable bonds is 5. The van der Waals surface area contributed by atoms with Gasteiger partial charge in [0.05, 0.1) is 34.6 Å². The van der Waals surface area contributed by atoms with Crippen molar-refractivity contribution in [3.8, 4) is 11.5 Å². The van der Waals surface area contributed by atoms with Crippen LogP contribution in [-0.2, 0) is 7.05 Å². The Kier molecular flexibility index (Phi) is 4.61. The monoisotopic (exact) mass is 353 g/mol. The molecule has 9 nitrogen and oxygen atoms in total. The molecule has 0 spiro atoms. The lowest BCUT2D eigenvalue weighted by molar-refractivity contribution is -0.384. The number of nitro groups is 1. The maximum atomic E-state index is 12.4. The van der Waals surface area contributed by atoms with Gasteiger partial charge in [0.1, 0.15) is 11.5 Å². The second kappa shape index (κ2) is 7.01. The topological polar surface area (TPSA) is 112 Å². The van der Waals surface area contributed by atoms with Gasteiger partial charge >= 0.3 is 0 Å². The number of anilines is 1. The van der Waals surface area contributed by atoms with Gasteiger partial charge in [-0.2, -0.15) is 5.10 Å². The van der Waals surface area contributed by atoms with Gasteiger partial charge in [-0.15, -0.1) is 0 Å². The molecule has 0 aliphatic carbocycles. The highest BCUT2D eigenvalue weighted by Gasteiger charge is 2.16. The van der Waals surface area contributed by atoms with Crippen molar-refractivity contribution in [3.05, 3.63) is 70.3 Å². The quantitative estimate of drug-likeness (QED) is 0.557. The van der Waals surface area contributed by atoms with Gasteiger partial charge in [-0.1, -0.05) is 0 Å². The van der Waals surface area contributed by atoms with Gasteiger partial charge in [-0.05, 0) is 19.1 Å². The van der Waals surface area contributed by atoms with Crippen LogP contribution < -0.4 is 10.1 Å². The summed E-state index contributed by atoms with van der Waals surface area (Å²) in [4.78, 5) is 27.0. The molecule has 2 aromatic heterocycles. The summed E-state index contributed by atoms with van der Waals surface area (Å²) in [6.45, 7) is 1.76. The Balaban J connectivity index is 1.89. The summed E-state index contributed by atoms with van der Waals surface area (Å²) in [5.41, 5.74) is 1.10. The molecule has 0 atom stereocenters. The van der Waals surface area contributed by atoms with Crippen LogP contribution in [0.2, 0.25) is 0 Å². The molecule has 0 unspecified atom stereocenters. The number of carbonyl (C=O) groups is 1. The molecule has 0 fully saturated rings. The highest BCUT2D eigenvalue weighted by atomic mass is 16.6. The fourth-order valence-electron chi connectivity index (χ4n) is 2.28. The maximum absolute atomic E-state index is 12.4. The Morgan fingerprint density at radius 1 is 1.27 bits per heavy atom. The van der Waals surface area contributed by atoms with Gasteiger partial charge in [0.15, 0.2) is 0 Å². The second-order valence-corrected chi connectivity index (χ2v) is 5.48. The minimum absolute atomic E-state index is 0.204. The fourth-order valence-corrected chi connectivity index (χ4v) is 2.28. The minimum atomic E-state index is -0.554. The number of hydrogen-bond donors (Lipinski definition) is 1. The molecule has 1 amide bonds. The molecule has 2 heterocycles. The minimum Gasteiger partial charge on any atom is -0.455 e. The van der Waals surface area contributed by atoms with E-state index in [1.54, 1.807) is 37.0 Å². The van der Waals surface area contributed by atoms with Crippen LogP contribution in [-0.4, -0.2) is 25.6 Å². The van der Waals surface area contributed by atoms with Crippen molar-refractivity contribution in [2.45, 2.75) is 6.92 Å². The number of amides is 1. The summed E-state index contributed by atoms with van der Waals surface area (Å²) in [7, 11) is 1.72. The van der Waals surface area contributed by atoms with Crippen molar-refractivity contribution >= 4 is 17.3 Å². The molecule has 0 aliphatic rings. The largest absolute Gasteiger partial charge is 0.455 e. The third-order valence-electron chi connectivity index (χ3n) is 3.71. The average molecular weight is 353 g/mol. The molecule has 26 heavy (non-hydrogen) atoms. The van der Waals surface area contributed by atoms with Crippen molar-refractivity contribution in [3.63, 3.8) is 0 Å². The van der Waals surface area contributed by atoms with E-state index in [0.717, 1.165) is 0 Å². The van der Waals surface area contributed by atoms with E-state index < -0.39 is 10.8 Å². The lowest BCUT2D eigenvalue weighted by atomic mass is 10.2. The first-order chi connectivity index (χ1) is 12.4. The number of aromatic nitrogens is 3. The first-order valence-corrected chi connectivity index (χ1v) is 7.61. The summed E-state index contributed by atoms with van der Waals surface area (Å²) >= 11 is 0.